The Balaban J connectivity index is 2.21. The number of carbonyl (C=O) groups excluding carboxylic acids is 3. The summed E-state index contributed by atoms with van der Waals surface area (Å²) in [6.07, 6.45) is 1.14. The summed E-state index contributed by atoms with van der Waals surface area (Å²) in [7, 11) is 1.26. The number of aliphatic hydroxyl groups excluding tert-OH is 1. The van der Waals surface area contributed by atoms with Crippen LogP contribution in [0.5, 0.6) is 0 Å². The largest absolute Gasteiger partial charge is 0.469 e. The maximum absolute atomic E-state index is 11.6. The van der Waals surface area contributed by atoms with Crippen LogP contribution < -0.4 is 0 Å². The number of carbonyl (C=O) groups is 3. The number of allylic oxidation sites excluding steroid dienone is 1. The van der Waals surface area contributed by atoms with Crippen molar-refractivity contribution < 1.29 is 29.0 Å². The molecule has 0 aromatic heterocycles. The van der Waals surface area contributed by atoms with Gasteiger partial charge < -0.3 is 14.6 Å². The van der Waals surface area contributed by atoms with Gasteiger partial charge >= 0.3 is 17.9 Å². The molecule has 6 nitrogen and oxygen atoms in total. The van der Waals surface area contributed by atoms with Crippen LogP contribution >= 0.6 is 0 Å². The van der Waals surface area contributed by atoms with Gasteiger partial charge in [0.05, 0.1) is 31.5 Å². The Bertz CT molecular complexity index is 452. The zero-order chi connectivity index (χ0) is 14.2. The molecular formula is C13H16O6. The van der Waals surface area contributed by atoms with Crippen molar-refractivity contribution in [1.29, 1.82) is 0 Å². The zero-order valence-electron chi connectivity index (χ0n) is 10.8. The fourth-order valence-corrected chi connectivity index (χ4v) is 2.72. The summed E-state index contributed by atoms with van der Waals surface area (Å²) in [5, 5.41) is 9.97. The van der Waals surface area contributed by atoms with Crippen LogP contribution in [0.4, 0.5) is 0 Å². The molecule has 1 N–H and O–H groups in total. The fraction of sp³-hybridized carbons (Fsp3) is 0.615. The van der Waals surface area contributed by atoms with Crippen molar-refractivity contribution in [2.75, 3.05) is 7.11 Å². The maximum Gasteiger partial charge on any atom is 0.317 e. The second-order valence-corrected chi connectivity index (χ2v) is 4.99. The van der Waals surface area contributed by atoms with Crippen molar-refractivity contribution >= 4 is 17.9 Å². The number of hydrogen-bond acceptors (Lipinski definition) is 6. The standard InChI is InChI=1S/C13H16O6/c1-6-3-7(8-5-10(14)19-13(8)17)4-9(11(6)15)12(16)18-2/h3,7-9,11,15H,4-5H2,1-2H3. The summed E-state index contributed by atoms with van der Waals surface area (Å²) in [4.78, 5) is 34.3. The van der Waals surface area contributed by atoms with E-state index in [9.17, 15) is 19.5 Å². The van der Waals surface area contributed by atoms with E-state index >= 15 is 0 Å². The van der Waals surface area contributed by atoms with Gasteiger partial charge in [0.1, 0.15) is 0 Å². The fourth-order valence-electron chi connectivity index (χ4n) is 2.72. The first-order chi connectivity index (χ1) is 8.93. The van der Waals surface area contributed by atoms with Crippen molar-refractivity contribution in [2.45, 2.75) is 25.9 Å². The van der Waals surface area contributed by atoms with Gasteiger partial charge in [-0.25, -0.2) is 0 Å². The first-order valence-corrected chi connectivity index (χ1v) is 6.12. The number of aliphatic hydroxyl groups is 1. The lowest BCUT2D eigenvalue weighted by Gasteiger charge is -2.31. The van der Waals surface area contributed by atoms with Gasteiger partial charge in [0.2, 0.25) is 0 Å². The molecule has 1 aliphatic carbocycles. The third-order valence-electron chi connectivity index (χ3n) is 3.78. The van der Waals surface area contributed by atoms with Crippen LogP contribution in [0.2, 0.25) is 0 Å². The molecule has 0 spiro atoms. The second-order valence-electron chi connectivity index (χ2n) is 4.99. The highest BCUT2D eigenvalue weighted by Gasteiger charge is 2.44. The molecule has 6 heteroatoms. The van der Waals surface area contributed by atoms with Gasteiger partial charge in [0, 0.05) is 0 Å². The smallest absolute Gasteiger partial charge is 0.317 e. The average Bonchev–Trinajstić information content (AvgIpc) is 2.70. The van der Waals surface area contributed by atoms with Crippen LogP contribution in [0, 0.1) is 17.8 Å². The highest BCUT2D eigenvalue weighted by molar-refractivity contribution is 5.95. The molecule has 1 heterocycles. The Kier molecular flexibility index (Phi) is 3.71. The summed E-state index contributed by atoms with van der Waals surface area (Å²) >= 11 is 0. The summed E-state index contributed by atoms with van der Waals surface area (Å²) in [5.41, 5.74) is 0.610. The molecule has 0 aromatic carbocycles. The summed E-state index contributed by atoms with van der Waals surface area (Å²) in [6.45, 7) is 1.69. The predicted molar refractivity (Wildman–Crippen MR) is 62.6 cm³/mol. The number of esters is 3. The average molecular weight is 268 g/mol. The van der Waals surface area contributed by atoms with E-state index in [-0.39, 0.29) is 18.8 Å². The third-order valence-corrected chi connectivity index (χ3v) is 3.78. The van der Waals surface area contributed by atoms with Crippen molar-refractivity contribution in [2.24, 2.45) is 17.8 Å². The minimum Gasteiger partial charge on any atom is -0.469 e. The van der Waals surface area contributed by atoms with Crippen molar-refractivity contribution in [3.63, 3.8) is 0 Å². The van der Waals surface area contributed by atoms with Gasteiger partial charge in [-0.3, -0.25) is 14.4 Å². The molecule has 1 saturated heterocycles. The number of hydrogen-bond donors (Lipinski definition) is 1. The van der Waals surface area contributed by atoms with E-state index in [2.05, 4.69) is 9.47 Å². The molecule has 0 bridgehead atoms. The van der Waals surface area contributed by atoms with Crippen LogP contribution in [0.15, 0.2) is 11.6 Å². The molecule has 0 aromatic rings. The normalized spacial score (nSPS) is 34.8. The molecule has 1 fully saturated rings. The predicted octanol–water partition coefficient (Wildman–Crippen LogP) is 0.192. The molecule has 2 aliphatic rings. The minimum absolute atomic E-state index is 0.0251. The monoisotopic (exact) mass is 268 g/mol. The minimum atomic E-state index is -0.906. The summed E-state index contributed by atoms with van der Waals surface area (Å²) in [6, 6.07) is 0. The molecule has 0 saturated carbocycles. The number of ether oxygens (including phenoxy) is 2. The zero-order valence-corrected chi connectivity index (χ0v) is 10.8. The van der Waals surface area contributed by atoms with E-state index in [1.807, 2.05) is 0 Å². The quantitative estimate of drug-likeness (QED) is 0.437. The third kappa shape index (κ3) is 2.53. The van der Waals surface area contributed by atoms with E-state index in [4.69, 9.17) is 0 Å². The first-order valence-electron chi connectivity index (χ1n) is 6.12. The Hall–Kier alpha value is -1.69. The summed E-state index contributed by atoms with van der Waals surface area (Å²) < 4.78 is 9.18. The number of methoxy groups -OCH3 is 1. The number of rotatable bonds is 2. The Morgan fingerprint density at radius 2 is 2.16 bits per heavy atom. The van der Waals surface area contributed by atoms with E-state index in [0.29, 0.717) is 5.57 Å². The van der Waals surface area contributed by atoms with E-state index in [1.165, 1.54) is 7.11 Å². The molecule has 1 aliphatic heterocycles. The molecule has 0 amide bonds. The molecular weight excluding hydrogens is 252 g/mol. The molecule has 104 valence electrons. The Morgan fingerprint density at radius 3 is 2.68 bits per heavy atom. The van der Waals surface area contributed by atoms with Crippen LogP contribution in [-0.4, -0.2) is 36.2 Å². The van der Waals surface area contributed by atoms with Gasteiger partial charge in [0.15, 0.2) is 0 Å². The second kappa shape index (κ2) is 5.13. The van der Waals surface area contributed by atoms with Crippen LogP contribution in [-0.2, 0) is 23.9 Å². The first kappa shape index (κ1) is 13.7. The van der Waals surface area contributed by atoms with Gasteiger partial charge in [-0.15, -0.1) is 0 Å². The van der Waals surface area contributed by atoms with Gasteiger partial charge in [-0.1, -0.05) is 6.08 Å². The Labute approximate surface area is 110 Å². The van der Waals surface area contributed by atoms with Crippen molar-refractivity contribution in [3.05, 3.63) is 11.6 Å². The highest BCUT2D eigenvalue weighted by Crippen LogP contribution is 2.37. The van der Waals surface area contributed by atoms with E-state index in [1.54, 1.807) is 13.0 Å². The van der Waals surface area contributed by atoms with Gasteiger partial charge in [0.25, 0.3) is 0 Å². The SMILES string of the molecule is COC(=O)C1CC(C2CC(=O)OC2=O)C=C(C)C1O. The van der Waals surface area contributed by atoms with Gasteiger partial charge in [-0.2, -0.15) is 0 Å². The lowest BCUT2D eigenvalue weighted by atomic mass is 9.75. The van der Waals surface area contributed by atoms with Gasteiger partial charge in [-0.05, 0) is 24.8 Å². The lowest BCUT2D eigenvalue weighted by Crippen LogP contribution is -2.37. The van der Waals surface area contributed by atoms with Crippen molar-refractivity contribution in [1.82, 2.24) is 0 Å². The molecule has 4 atom stereocenters. The van der Waals surface area contributed by atoms with E-state index in [0.717, 1.165) is 0 Å². The lowest BCUT2D eigenvalue weighted by molar-refractivity contribution is -0.155. The highest BCUT2D eigenvalue weighted by atomic mass is 16.6. The Morgan fingerprint density at radius 1 is 1.47 bits per heavy atom. The summed E-state index contributed by atoms with van der Waals surface area (Å²) in [5.74, 6) is -3.17. The molecule has 4 unspecified atom stereocenters. The van der Waals surface area contributed by atoms with Crippen molar-refractivity contribution in [3.8, 4) is 0 Å². The van der Waals surface area contributed by atoms with E-state index < -0.39 is 35.8 Å². The maximum atomic E-state index is 11.6. The molecule has 0 radical (unpaired) electrons. The van der Waals surface area contributed by atoms with Crippen LogP contribution in [0.25, 0.3) is 0 Å². The van der Waals surface area contributed by atoms with Crippen LogP contribution in [0.3, 0.4) is 0 Å². The topological polar surface area (TPSA) is 89.9 Å². The number of cyclic esters (lactones) is 2. The molecule has 19 heavy (non-hydrogen) atoms. The molecule has 2 rings (SSSR count). The van der Waals surface area contributed by atoms with Crippen LogP contribution in [0.1, 0.15) is 19.8 Å².